The van der Waals surface area contributed by atoms with Crippen molar-refractivity contribution in [2.75, 3.05) is 11.2 Å². The molecule has 4 nitrogen and oxygen atoms in total. The Bertz CT molecular complexity index is 579. The zero-order valence-electron chi connectivity index (χ0n) is 9.56. The molecule has 0 atom stereocenters. The number of rotatable bonds is 4. The Balaban J connectivity index is 1.99. The van der Waals surface area contributed by atoms with Crippen molar-refractivity contribution in [3.8, 4) is 0 Å². The third-order valence-corrected chi connectivity index (χ3v) is 2.98. The van der Waals surface area contributed by atoms with Gasteiger partial charge in [0.2, 0.25) is 5.13 Å². The Morgan fingerprint density at radius 3 is 2.47 bits per heavy atom. The molecular weight excluding hydrogens is 276 g/mol. The van der Waals surface area contributed by atoms with E-state index in [9.17, 15) is 12.9 Å². The van der Waals surface area contributed by atoms with Crippen LogP contribution in [0.25, 0.3) is 0 Å². The first-order valence-corrected chi connectivity index (χ1v) is 6.13. The third-order valence-electron chi connectivity index (χ3n) is 2.21. The van der Waals surface area contributed by atoms with Gasteiger partial charge in [0, 0.05) is 5.38 Å². The predicted octanol–water partition coefficient (Wildman–Crippen LogP) is 2.23. The van der Waals surface area contributed by atoms with E-state index in [1.807, 2.05) is 0 Å². The van der Waals surface area contributed by atoms with E-state index in [1.54, 1.807) is 5.38 Å². The van der Waals surface area contributed by atoms with Crippen molar-refractivity contribution in [2.24, 2.45) is 5.10 Å². The highest BCUT2D eigenvalue weighted by molar-refractivity contribution is 7.14. The molecule has 0 aliphatic rings. The number of thiazole rings is 1. The number of halogens is 3. The van der Waals surface area contributed by atoms with Crippen molar-refractivity contribution >= 4 is 40.9 Å². The van der Waals surface area contributed by atoms with Crippen LogP contribution in [0.3, 0.4) is 0 Å². The molecule has 9 heteroatoms. The second-order valence-electron chi connectivity index (χ2n) is 3.69. The van der Waals surface area contributed by atoms with Crippen LogP contribution in [-0.2, 0) is 0 Å². The van der Waals surface area contributed by atoms with Crippen LogP contribution in [0.4, 0.5) is 23.9 Å². The second kappa shape index (κ2) is 5.31. The maximum absolute atomic E-state index is 12.4. The van der Waals surface area contributed by atoms with E-state index in [-0.39, 0.29) is 0 Å². The normalized spacial score (nSPS) is 11.9. The minimum atomic E-state index is -4.95. The summed E-state index contributed by atoms with van der Waals surface area (Å²) in [5.74, 6) is 0.388. The molecule has 1 heterocycles. The van der Waals surface area contributed by atoms with Gasteiger partial charge in [0.05, 0.1) is 6.21 Å². The maximum Gasteiger partial charge on any atom is 0.509 e. The molecule has 0 spiro atoms. The first kappa shape index (κ1) is 13.4. The molecule has 0 saturated heterocycles. The zero-order chi connectivity index (χ0) is 13.9. The quantitative estimate of drug-likeness (QED) is 0.514. The molecule has 0 amide bonds. The van der Waals surface area contributed by atoms with Crippen LogP contribution < -0.4 is 16.6 Å². The molecular formula is C10H9BF3N4S-. The van der Waals surface area contributed by atoms with E-state index in [1.165, 1.54) is 29.7 Å². The monoisotopic (exact) mass is 285 g/mol. The smallest absolute Gasteiger partial charge is 0.445 e. The topological polar surface area (TPSA) is 63.3 Å². The number of benzene rings is 1. The van der Waals surface area contributed by atoms with Crippen LogP contribution in [0.15, 0.2) is 34.7 Å². The van der Waals surface area contributed by atoms with Crippen molar-refractivity contribution < 1.29 is 12.9 Å². The van der Waals surface area contributed by atoms with Gasteiger partial charge in [-0.2, -0.15) is 5.10 Å². The fourth-order valence-electron chi connectivity index (χ4n) is 1.30. The largest absolute Gasteiger partial charge is 0.509 e. The SMILES string of the molecule is Nc1csc(NN=Cc2ccc([B-](F)(F)F)cc2)n1. The minimum absolute atomic E-state index is 0.388. The first-order valence-electron chi connectivity index (χ1n) is 5.25. The fraction of sp³-hybridized carbons (Fsp3) is 0. The summed E-state index contributed by atoms with van der Waals surface area (Å²) in [6.45, 7) is -4.95. The molecule has 1 aromatic heterocycles. The summed E-state index contributed by atoms with van der Waals surface area (Å²) in [6.07, 6.45) is 1.41. The minimum Gasteiger partial charge on any atom is -0.445 e. The molecule has 100 valence electrons. The van der Waals surface area contributed by atoms with Crippen molar-refractivity contribution in [3.05, 3.63) is 35.2 Å². The standard InChI is InChI=1S/C10H9BF3N4S/c12-11(13,14)8-3-1-7(2-4-8)5-16-18-10-17-9(15)6-19-10/h1-6H,15H2,(H,17,18)/q-1. The van der Waals surface area contributed by atoms with Gasteiger partial charge in [0.1, 0.15) is 5.82 Å². The van der Waals surface area contributed by atoms with E-state index in [4.69, 9.17) is 5.73 Å². The first-order chi connectivity index (χ1) is 8.95. The van der Waals surface area contributed by atoms with Gasteiger partial charge in [-0.25, -0.2) is 4.98 Å². The number of hydrogen-bond acceptors (Lipinski definition) is 5. The van der Waals surface area contributed by atoms with Gasteiger partial charge in [-0.15, -0.1) is 16.8 Å². The number of anilines is 2. The molecule has 0 bridgehead atoms. The summed E-state index contributed by atoms with van der Waals surface area (Å²) in [6, 6.07) is 4.77. The molecule has 1 aromatic carbocycles. The van der Waals surface area contributed by atoms with Crippen LogP contribution in [0, 0.1) is 0 Å². The predicted molar refractivity (Wildman–Crippen MR) is 72.9 cm³/mol. The van der Waals surface area contributed by atoms with Crippen molar-refractivity contribution in [1.82, 2.24) is 4.98 Å². The number of nitrogen functional groups attached to an aromatic ring is 1. The van der Waals surface area contributed by atoms with E-state index in [0.29, 0.717) is 16.5 Å². The highest BCUT2D eigenvalue weighted by atomic mass is 32.1. The van der Waals surface area contributed by atoms with E-state index >= 15 is 0 Å². The lowest BCUT2D eigenvalue weighted by molar-refractivity contribution is 0.501. The fourth-order valence-corrected chi connectivity index (χ4v) is 1.85. The van der Waals surface area contributed by atoms with E-state index in [2.05, 4.69) is 15.5 Å². The van der Waals surface area contributed by atoms with Gasteiger partial charge in [-0.1, -0.05) is 24.3 Å². The van der Waals surface area contributed by atoms with E-state index in [0.717, 1.165) is 12.1 Å². The summed E-state index contributed by atoms with van der Waals surface area (Å²) in [7, 11) is 0. The lowest BCUT2D eigenvalue weighted by Gasteiger charge is -2.14. The zero-order valence-corrected chi connectivity index (χ0v) is 10.4. The average molecular weight is 285 g/mol. The Kier molecular flexibility index (Phi) is 3.75. The molecule has 0 aliphatic heterocycles. The van der Waals surface area contributed by atoms with Crippen molar-refractivity contribution in [2.45, 2.75) is 0 Å². The van der Waals surface area contributed by atoms with E-state index < -0.39 is 12.4 Å². The lowest BCUT2D eigenvalue weighted by Crippen LogP contribution is -2.33. The van der Waals surface area contributed by atoms with Crippen molar-refractivity contribution in [1.29, 1.82) is 0 Å². The Hall–Kier alpha value is -2.03. The highest BCUT2D eigenvalue weighted by Gasteiger charge is 2.24. The highest BCUT2D eigenvalue weighted by Crippen LogP contribution is 2.16. The molecule has 0 radical (unpaired) electrons. The summed E-state index contributed by atoms with van der Waals surface area (Å²) in [5, 5.41) is 6.03. The summed E-state index contributed by atoms with van der Waals surface area (Å²) in [5.41, 5.74) is 7.99. The van der Waals surface area contributed by atoms with Crippen LogP contribution in [0.1, 0.15) is 5.56 Å². The second-order valence-corrected chi connectivity index (χ2v) is 4.55. The molecule has 3 N–H and O–H groups in total. The number of hydrazone groups is 1. The summed E-state index contributed by atoms with van der Waals surface area (Å²) < 4.78 is 37.2. The Morgan fingerprint density at radius 1 is 1.26 bits per heavy atom. The Morgan fingerprint density at radius 2 is 1.95 bits per heavy atom. The molecule has 0 aliphatic carbocycles. The van der Waals surface area contributed by atoms with Crippen LogP contribution in [-0.4, -0.2) is 18.2 Å². The van der Waals surface area contributed by atoms with Crippen LogP contribution in [0.5, 0.6) is 0 Å². The van der Waals surface area contributed by atoms with Gasteiger partial charge < -0.3 is 18.7 Å². The average Bonchev–Trinajstić information content (AvgIpc) is 2.75. The summed E-state index contributed by atoms with van der Waals surface area (Å²) >= 11 is 1.28. The van der Waals surface area contributed by atoms with Gasteiger partial charge in [-0.3, -0.25) is 5.43 Å². The maximum atomic E-state index is 12.4. The number of nitrogens with zero attached hydrogens (tertiary/aromatic N) is 2. The molecule has 0 unspecified atom stereocenters. The summed E-state index contributed by atoms with van der Waals surface area (Å²) in [4.78, 5) is 3.91. The molecule has 0 saturated carbocycles. The third kappa shape index (κ3) is 3.72. The number of nitrogens with two attached hydrogens (primary N) is 1. The van der Waals surface area contributed by atoms with Gasteiger partial charge in [0.15, 0.2) is 0 Å². The van der Waals surface area contributed by atoms with Gasteiger partial charge >= 0.3 is 6.98 Å². The number of nitrogens with one attached hydrogen (secondary N) is 1. The molecule has 0 fully saturated rings. The van der Waals surface area contributed by atoms with Crippen LogP contribution in [0.2, 0.25) is 0 Å². The molecule has 19 heavy (non-hydrogen) atoms. The van der Waals surface area contributed by atoms with Gasteiger partial charge in [-0.05, 0) is 5.56 Å². The number of hydrogen-bond donors (Lipinski definition) is 2. The van der Waals surface area contributed by atoms with Gasteiger partial charge in [0.25, 0.3) is 0 Å². The lowest BCUT2D eigenvalue weighted by atomic mass is 9.80. The van der Waals surface area contributed by atoms with Crippen LogP contribution >= 0.6 is 11.3 Å². The Labute approximate surface area is 111 Å². The number of aromatic nitrogens is 1. The van der Waals surface area contributed by atoms with Crippen molar-refractivity contribution in [3.63, 3.8) is 0 Å². The molecule has 2 rings (SSSR count). The molecule has 2 aromatic rings.